The van der Waals surface area contributed by atoms with Gasteiger partial charge in [-0.2, -0.15) is 13.2 Å². The molecule has 0 unspecified atom stereocenters. The van der Waals surface area contributed by atoms with Gasteiger partial charge in [0.15, 0.2) is 0 Å². The molecule has 1 heterocycles. The number of nitrogens with one attached hydrogen (secondary N) is 1. The number of alkyl halides is 3. The first kappa shape index (κ1) is 12.8. The monoisotopic (exact) mass is 224 g/mol. The van der Waals surface area contributed by atoms with Crippen molar-refractivity contribution in [2.75, 3.05) is 26.7 Å². The van der Waals surface area contributed by atoms with Gasteiger partial charge in [-0.25, -0.2) is 0 Å². The fourth-order valence-electron chi connectivity index (χ4n) is 1.81. The highest BCUT2D eigenvalue weighted by atomic mass is 19.4. The number of hydrogen-bond acceptors (Lipinski definition) is 2. The lowest BCUT2D eigenvalue weighted by atomic mass is 10.1. The first-order valence-electron chi connectivity index (χ1n) is 5.46. The average molecular weight is 224 g/mol. The van der Waals surface area contributed by atoms with Crippen LogP contribution in [0.15, 0.2) is 0 Å². The zero-order valence-electron chi connectivity index (χ0n) is 9.11. The zero-order valence-corrected chi connectivity index (χ0v) is 9.11. The van der Waals surface area contributed by atoms with E-state index in [1.54, 1.807) is 0 Å². The molecule has 90 valence electrons. The van der Waals surface area contributed by atoms with Crippen LogP contribution in [0.2, 0.25) is 0 Å². The van der Waals surface area contributed by atoms with Crippen molar-refractivity contribution in [3.63, 3.8) is 0 Å². The summed E-state index contributed by atoms with van der Waals surface area (Å²) in [4.78, 5) is 2.24. The molecule has 1 fully saturated rings. The predicted octanol–water partition coefficient (Wildman–Crippen LogP) is 2.01. The van der Waals surface area contributed by atoms with Gasteiger partial charge in [0.1, 0.15) is 0 Å². The van der Waals surface area contributed by atoms with Gasteiger partial charge in [0.05, 0.1) is 0 Å². The molecule has 1 aliphatic heterocycles. The highest BCUT2D eigenvalue weighted by molar-refractivity contribution is 4.75. The Labute approximate surface area is 88.8 Å². The Bertz CT molecular complexity index is 174. The van der Waals surface area contributed by atoms with Gasteiger partial charge in [0, 0.05) is 12.5 Å². The number of hydrogen-bond donors (Lipinski definition) is 1. The van der Waals surface area contributed by atoms with E-state index in [1.807, 2.05) is 0 Å². The molecule has 0 aliphatic carbocycles. The fourth-order valence-corrected chi connectivity index (χ4v) is 1.81. The second-order valence-corrected chi connectivity index (χ2v) is 4.25. The quantitative estimate of drug-likeness (QED) is 0.735. The van der Waals surface area contributed by atoms with Crippen molar-refractivity contribution in [1.82, 2.24) is 10.2 Å². The molecule has 0 spiro atoms. The summed E-state index contributed by atoms with van der Waals surface area (Å²) in [6.07, 6.45) is -2.40. The summed E-state index contributed by atoms with van der Waals surface area (Å²) >= 11 is 0. The van der Waals surface area contributed by atoms with Crippen LogP contribution >= 0.6 is 0 Å². The Morgan fingerprint density at radius 3 is 2.40 bits per heavy atom. The molecule has 0 aromatic rings. The van der Waals surface area contributed by atoms with Gasteiger partial charge in [0.2, 0.25) is 0 Å². The van der Waals surface area contributed by atoms with E-state index in [9.17, 15) is 13.2 Å². The van der Waals surface area contributed by atoms with Gasteiger partial charge in [0.25, 0.3) is 0 Å². The van der Waals surface area contributed by atoms with Crippen molar-refractivity contribution < 1.29 is 13.2 Å². The van der Waals surface area contributed by atoms with Crippen molar-refractivity contribution >= 4 is 0 Å². The van der Waals surface area contributed by atoms with E-state index in [2.05, 4.69) is 17.3 Å². The summed E-state index contributed by atoms with van der Waals surface area (Å²) in [5.74, 6) is 0. The number of likely N-dealkylation sites (tertiary alicyclic amines) is 1. The normalized spacial score (nSPS) is 20.8. The van der Waals surface area contributed by atoms with E-state index in [-0.39, 0.29) is 6.42 Å². The molecule has 15 heavy (non-hydrogen) atoms. The van der Waals surface area contributed by atoms with Crippen LogP contribution in [-0.4, -0.2) is 43.8 Å². The summed E-state index contributed by atoms with van der Waals surface area (Å²) in [6, 6.07) is 0.412. The Kier molecular flexibility index (Phi) is 4.86. The van der Waals surface area contributed by atoms with Gasteiger partial charge < -0.3 is 10.2 Å². The van der Waals surface area contributed by atoms with E-state index in [0.717, 1.165) is 25.9 Å². The maximum Gasteiger partial charge on any atom is 0.389 e. The van der Waals surface area contributed by atoms with Crippen molar-refractivity contribution in [2.45, 2.75) is 37.9 Å². The van der Waals surface area contributed by atoms with E-state index in [4.69, 9.17) is 0 Å². The molecule has 1 rings (SSSR count). The minimum absolute atomic E-state index is 0.190. The predicted molar refractivity (Wildman–Crippen MR) is 53.8 cm³/mol. The largest absolute Gasteiger partial charge is 0.389 e. The summed E-state index contributed by atoms with van der Waals surface area (Å²) < 4.78 is 35.5. The van der Waals surface area contributed by atoms with Crippen LogP contribution in [0.25, 0.3) is 0 Å². The van der Waals surface area contributed by atoms with Crippen LogP contribution in [0.5, 0.6) is 0 Å². The summed E-state index contributed by atoms with van der Waals surface area (Å²) in [5.41, 5.74) is 0. The van der Waals surface area contributed by atoms with Crippen LogP contribution in [0.1, 0.15) is 25.7 Å². The molecule has 1 aliphatic rings. The molecular formula is C10H19F3N2. The van der Waals surface area contributed by atoms with Gasteiger partial charge in [-0.1, -0.05) is 0 Å². The lowest BCUT2D eigenvalue weighted by molar-refractivity contribution is -0.135. The second-order valence-electron chi connectivity index (χ2n) is 4.25. The summed E-state index contributed by atoms with van der Waals surface area (Å²) in [6.45, 7) is 2.56. The summed E-state index contributed by atoms with van der Waals surface area (Å²) in [5, 5.41) is 3.19. The van der Waals surface area contributed by atoms with Crippen molar-refractivity contribution in [1.29, 1.82) is 0 Å². The molecule has 0 aromatic carbocycles. The standard InChI is InChI=1S/C10H19F3N2/c1-15-7-3-9(4-8-15)14-6-2-5-10(11,12)13/h9,14H,2-8H2,1H3. The van der Waals surface area contributed by atoms with Crippen LogP contribution in [0.4, 0.5) is 13.2 Å². The van der Waals surface area contributed by atoms with Crippen LogP contribution in [-0.2, 0) is 0 Å². The summed E-state index contributed by atoms with van der Waals surface area (Å²) in [7, 11) is 2.07. The highest BCUT2D eigenvalue weighted by Crippen LogP contribution is 2.20. The SMILES string of the molecule is CN1CCC(NCCCC(F)(F)F)CC1. The van der Waals surface area contributed by atoms with Crippen molar-refractivity contribution in [3.05, 3.63) is 0 Å². The molecule has 0 bridgehead atoms. The van der Waals surface area contributed by atoms with E-state index >= 15 is 0 Å². The third-order valence-electron chi connectivity index (χ3n) is 2.79. The van der Waals surface area contributed by atoms with Gasteiger partial charge in [-0.3, -0.25) is 0 Å². The number of rotatable bonds is 4. The molecule has 5 heteroatoms. The Hall–Kier alpha value is -0.290. The Morgan fingerprint density at radius 2 is 1.87 bits per heavy atom. The van der Waals surface area contributed by atoms with Gasteiger partial charge in [-0.15, -0.1) is 0 Å². The topological polar surface area (TPSA) is 15.3 Å². The Morgan fingerprint density at radius 1 is 1.27 bits per heavy atom. The van der Waals surface area contributed by atoms with Crippen molar-refractivity contribution in [3.8, 4) is 0 Å². The molecule has 0 saturated carbocycles. The molecular weight excluding hydrogens is 205 g/mol. The maximum absolute atomic E-state index is 11.8. The Balaban J connectivity index is 2.01. The molecule has 0 radical (unpaired) electrons. The average Bonchev–Trinajstić information content (AvgIpc) is 2.14. The number of halogens is 3. The molecule has 0 amide bonds. The molecule has 0 atom stereocenters. The van der Waals surface area contributed by atoms with Crippen LogP contribution < -0.4 is 5.32 Å². The zero-order chi connectivity index (χ0) is 11.3. The first-order chi connectivity index (χ1) is 6.97. The lowest BCUT2D eigenvalue weighted by Crippen LogP contribution is -2.41. The fraction of sp³-hybridized carbons (Fsp3) is 1.00. The number of piperidine rings is 1. The van der Waals surface area contributed by atoms with E-state index in [0.29, 0.717) is 12.6 Å². The van der Waals surface area contributed by atoms with E-state index < -0.39 is 12.6 Å². The minimum Gasteiger partial charge on any atom is -0.314 e. The molecule has 2 nitrogen and oxygen atoms in total. The van der Waals surface area contributed by atoms with Crippen LogP contribution in [0.3, 0.4) is 0 Å². The number of nitrogens with zero attached hydrogens (tertiary/aromatic N) is 1. The molecule has 1 saturated heterocycles. The van der Waals surface area contributed by atoms with Gasteiger partial charge >= 0.3 is 6.18 Å². The smallest absolute Gasteiger partial charge is 0.314 e. The molecule has 1 N–H and O–H groups in total. The third kappa shape index (κ3) is 5.99. The van der Waals surface area contributed by atoms with Crippen molar-refractivity contribution in [2.24, 2.45) is 0 Å². The lowest BCUT2D eigenvalue weighted by Gasteiger charge is -2.29. The van der Waals surface area contributed by atoms with Gasteiger partial charge in [-0.05, 0) is 45.9 Å². The van der Waals surface area contributed by atoms with Crippen LogP contribution in [0, 0.1) is 0 Å². The molecule has 0 aromatic heterocycles. The second kappa shape index (κ2) is 5.70. The third-order valence-corrected chi connectivity index (χ3v) is 2.79. The first-order valence-corrected chi connectivity index (χ1v) is 5.46. The minimum atomic E-state index is -4.01. The highest BCUT2D eigenvalue weighted by Gasteiger charge is 2.26. The maximum atomic E-state index is 11.8. The van der Waals surface area contributed by atoms with E-state index in [1.165, 1.54) is 0 Å².